The number of benzene rings is 1. The lowest BCUT2D eigenvalue weighted by atomic mass is 10.0. The standard InChI is InChI=1S/C13H19NO2/c1-10(2)13(14-15)8-7-11-5-4-6-12(9-11)16-3/h4-6,9-10,15H,7-8H2,1-3H3/b14-13-. The minimum absolute atomic E-state index is 0.288. The van der Waals surface area contributed by atoms with E-state index in [4.69, 9.17) is 9.94 Å². The molecule has 0 heterocycles. The van der Waals surface area contributed by atoms with Crippen LogP contribution in [0.25, 0.3) is 0 Å². The van der Waals surface area contributed by atoms with Crippen LogP contribution in [0.4, 0.5) is 0 Å². The summed E-state index contributed by atoms with van der Waals surface area (Å²) in [5.74, 6) is 1.15. The first kappa shape index (κ1) is 12.6. The first-order chi connectivity index (χ1) is 7.67. The van der Waals surface area contributed by atoms with Gasteiger partial charge in [0, 0.05) is 0 Å². The van der Waals surface area contributed by atoms with E-state index in [0.29, 0.717) is 0 Å². The fraction of sp³-hybridized carbons (Fsp3) is 0.462. The number of methoxy groups -OCH3 is 1. The first-order valence-corrected chi connectivity index (χ1v) is 5.51. The maximum absolute atomic E-state index is 8.84. The second kappa shape index (κ2) is 6.16. The molecule has 1 N–H and O–H groups in total. The van der Waals surface area contributed by atoms with E-state index in [2.05, 4.69) is 11.2 Å². The highest BCUT2D eigenvalue weighted by Gasteiger charge is 2.06. The van der Waals surface area contributed by atoms with Crippen LogP contribution in [0, 0.1) is 5.92 Å². The molecular weight excluding hydrogens is 202 g/mol. The normalized spacial score (nSPS) is 11.9. The zero-order valence-electron chi connectivity index (χ0n) is 10.1. The van der Waals surface area contributed by atoms with Crippen LogP contribution in [-0.4, -0.2) is 18.0 Å². The zero-order chi connectivity index (χ0) is 12.0. The Labute approximate surface area is 96.7 Å². The van der Waals surface area contributed by atoms with Crippen LogP contribution in [0.3, 0.4) is 0 Å². The molecule has 16 heavy (non-hydrogen) atoms. The van der Waals surface area contributed by atoms with Crippen molar-refractivity contribution < 1.29 is 9.94 Å². The highest BCUT2D eigenvalue weighted by Crippen LogP contribution is 2.15. The topological polar surface area (TPSA) is 41.8 Å². The molecule has 1 aromatic rings. The molecule has 0 fully saturated rings. The summed E-state index contributed by atoms with van der Waals surface area (Å²) in [5, 5.41) is 12.2. The minimum atomic E-state index is 0.288. The number of oxime groups is 1. The van der Waals surface area contributed by atoms with Gasteiger partial charge in [0.05, 0.1) is 12.8 Å². The van der Waals surface area contributed by atoms with Gasteiger partial charge >= 0.3 is 0 Å². The van der Waals surface area contributed by atoms with Crippen molar-refractivity contribution in [2.45, 2.75) is 26.7 Å². The molecule has 0 saturated heterocycles. The first-order valence-electron chi connectivity index (χ1n) is 5.51. The molecule has 0 radical (unpaired) electrons. The summed E-state index contributed by atoms with van der Waals surface area (Å²) in [6.45, 7) is 4.06. The molecule has 0 unspecified atom stereocenters. The third kappa shape index (κ3) is 3.57. The van der Waals surface area contributed by atoms with Crippen molar-refractivity contribution in [2.24, 2.45) is 11.1 Å². The Bertz CT molecular complexity index is 359. The second-order valence-corrected chi connectivity index (χ2v) is 4.10. The lowest BCUT2D eigenvalue weighted by Gasteiger charge is -2.08. The van der Waals surface area contributed by atoms with Gasteiger partial charge in [0.15, 0.2) is 0 Å². The molecule has 0 aliphatic rings. The maximum atomic E-state index is 8.84. The summed E-state index contributed by atoms with van der Waals surface area (Å²) in [4.78, 5) is 0. The van der Waals surface area contributed by atoms with Gasteiger partial charge in [-0.05, 0) is 36.5 Å². The van der Waals surface area contributed by atoms with Crippen LogP contribution in [0.15, 0.2) is 29.4 Å². The van der Waals surface area contributed by atoms with E-state index in [-0.39, 0.29) is 5.92 Å². The molecule has 88 valence electrons. The zero-order valence-corrected chi connectivity index (χ0v) is 10.1. The third-order valence-corrected chi connectivity index (χ3v) is 2.60. The lowest BCUT2D eigenvalue weighted by Crippen LogP contribution is -2.08. The molecule has 1 rings (SSSR count). The average molecular weight is 221 g/mol. The summed E-state index contributed by atoms with van der Waals surface area (Å²) in [6.07, 6.45) is 1.65. The van der Waals surface area contributed by atoms with Crippen molar-refractivity contribution in [2.75, 3.05) is 7.11 Å². The third-order valence-electron chi connectivity index (χ3n) is 2.60. The van der Waals surface area contributed by atoms with Crippen molar-refractivity contribution in [3.8, 4) is 5.75 Å². The van der Waals surface area contributed by atoms with Crippen LogP contribution in [-0.2, 0) is 6.42 Å². The Morgan fingerprint density at radius 1 is 1.44 bits per heavy atom. The number of aryl methyl sites for hydroxylation is 1. The fourth-order valence-electron chi connectivity index (χ4n) is 1.55. The number of rotatable bonds is 5. The van der Waals surface area contributed by atoms with Crippen LogP contribution < -0.4 is 4.74 Å². The highest BCUT2D eigenvalue weighted by molar-refractivity contribution is 5.85. The minimum Gasteiger partial charge on any atom is -0.497 e. The Balaban J connectivity index is 2.60. The molecule has 0 atom stereocenters. The quantitative estimate of drug-likeness (QED) is 0.471. The van der Waals surface area contributed by atoms with Crippen molar-refractivity contribution in [1.82, 2.24) is 0 Å². The fourth-order valence-corrected chi connectivity index (χ4v) is 1.55. The molecule has 3 nitrogen and oxygen atoms in total. The highest BCUT2D eigenvalue weighted by atomic mass is 16.5. The predicted octanol–water partition coefficient (Wildman–Crippen LogP) is 3.11. The Kier molecular flexibility index (Phi) is 4.83. The number of ether oxygens (including phenoxy) is 1. The maximum Gasteiger partial charge on any atom is 0.119 e. The summed E-state index contributed by atoms with van der Waals surface area (Å²) in [5.41, 5.74) is 2.03. The Morgan fingerprint density at radius 3 is 2.75 bits per heavy atom. The molecule has 0 aromatic heterocycles. The summed E-state index contributed by atoms with van der Waals surface area (Å²) >= 11 is 0. The Morgan fingerprint density at radius 2 is 2.19 bits per heavy atom. The molecule has 0 bridgehead atoms. The van der Waals surface area contributed by atoms with Gasteiger partial charge in [-0.1, -0.05) is 31.1 Å². The summed E-state index contributed by atoms with van der Waals surface area (Å²) in [7, 11) is 1.66. The number of hydrogen-bond donors (Lipinski definition) is 1. The largest absolute Gasteiger partial charge is 0.497 e. The van der Waals surface area contributed by atoms with Gasteiger partial charge in [-0.2, -0.15) is 0 Å². The number of hydrogen-bond acceptors (Lipinski definition) is 3. The van der Waals surface area contributed by atoms with Gasteiger partial charge in [-0.15, -0.1) is 0 Å². The van der Waals surface area contributed by atoms with Gasteiger partial charge in [-0.25, -0.2) is 0 Å². The molecule has 0 aliphatic heterocycles. The molecule has 0 saturated carbocycles. The van der Waals surface area contributed by atoms with Gasteiger partial charge in [-0.3, -0.25) is 0 Å². The SMILES string of the molecule is COc1cccc(CC/C(=N/O)C(C)C)c1. The van der Waals surface area contributed by atoms with Crippen molar-refractivity contribution in [1.29, 1.82) is 0 Å². The van der Waals surface area contributed by atoms with E-state index in [1.165, 1.54) is 5.56 Å². The van der Waals surface area contributed by atoms with E-state index < -0.39 is 0 Å². The van der Waals surface area contributed by atoms with E-state index in [1.54, 1.807) is 7.11 Å². The van der Waals surface area contributed by atoms with Crippen LogP contribution in [0.1, 0.15) is 25.8 Å². The van der Waals surface area contributed by atoms with Gasteiger partial charge in [0.1, 0.15) is 5.75 Å². The van der Waals surface area contributed by atoms with Crippen molar-refractivity contribution >= 4 is 5.71 Å². The van der Waals surface area contributed by atoms with Gasteiger partial charge in [0.25, 0.3) is 0 Å². The van der Waals surface area contributed by atoms with Crippen molar-refractivity contribution in [3.63, 3.8) is 0 Å². The second-order valence-electron chi connectivity index (χ2n) is 4.10. The molecule has 0 spiro atoms. The summed E-state index contributed by atoms with van der Waals surface area (Å²) < 4.78 is 5.16. The monoisotopic (exact) mass is 221 g/mol. The van der Waals surface area contributed by atoms with E-state index in [1.807, 2.05) is 32.0 Å². The lowest BCUT2D eigenvalue weighted by molar-refractivity contribution is 0.314. The molecule has 3 heteroatoms. The molecule has 0 aliphatic carbocycles. The molecular formula is C13H19NO2. The average Bonchev–Trinajstić information content (AvgIpc) is 2.29. The van der Waals surface area contributed by atoms with E-state index in [0.717, 1.165) is 24.3 Å². The predicted molar refractivity (Wildman–Crippen MR) is 65.4 cm³/mol. The van der Waals surface area contributed by atoms with Gasteiger partial charge in [0.2, 0.25) is 0 Å². The summed E-state index contributed by atoms with van der Waals surface area (Å²) in [6, 6.07) is 7.96. The smallest absolute Gasteiger partial charge is 0.119 e. The van der Waals surface area contributed by atoms with Crippen LogP contribution in [0.2, 0.25) is 0 Å². The van der Waals surface area contributed by atoms with E-state index >= 15 is 0 Å². The molecule has 1 aromatic carbocycles. The Hall–Kier alpha value is -1.51. The van der Waals surface area contributed by atoms with E-state index in [9.17, 15) is 0 Å². The van der Waals surface area contributed by atoms with Crippen LogP contribution >= 0.6 is 0 Å². The van der Waals surface area contributed by atoms with Gasteiger partial charge < -0.3 is 9.94 Å². The van der Waals surface area contributed by atoms with Crippen LogP contribution in [0.5, 0.6) is 5.75 Å². The molecule has 0 amide bonds. The number of nitrogens with zero attached hydrogens (tertiary/aromatic N) is 1. The van der Waals surface area contributed by atoms with Crippen molar-refractivity contribution in [3.05, 3.63) is 29.8 Å².